The molecule has 9 heteroatoms. The Morgan fingerprint density at radius 1 is 1.33 bits per heavy atom. The van der Waals surface area contributed by atoms with E-state index < -0.39 is 0 Å². The third-order valence-corrected chi connectivity index (χ3v) is 5.05. The molecule has 0 fully saturated rings. The molecule has 0 aliphatic carbocycles. The first-order chi connectivity index (χ1) is 11.6. The number of carbonyl (C=O) groups excluding carboxylic acids is 1. The molecule has 1 aliphatic rings. The van der Waals surface area contributed by atoms with Crippen LogP contribution < -0.4 is 5.32 Å². The van der Waals surface area contributed by atoms with Crippen molar-refractivity contribution in [2.24, 2.45) is 7.05 Å². The van der Waals surface area contributed by atoms with E-state index in [1.54, 1.807) is 39.6 Å². The van der Waals surface area contributed by atoms with E-state index >= 15 is 0 Å². The first-order valence-electron chi connectivity index (χ1n) is 7.40. The van der Waals surface area contributed by atoms with Crippen molar-refractivity contribution in [2.75, 3.05) is 11.1 Å². The topological polar surface area (TPSA) is 90.5 Å². The summed E-state index contributed by atoms with van der Waals surface area (Å²) in [4.78, 5) is 20.7. The lowest BCUT2D eigenvalue weighted by atomic mass is 10.1. The molecule has 4 rings (SSSR count). The van der Waals surface area contributed by atoms with E-state index in [1.807, 2.05) is 26.4 Å². The van der Waals surface area contributed by atoms with Crippen LogP contribution in [0.15, 0.2) is 30.9 Å². The van der Waals surface area contributed by atoms with Crippen LogP contribution in [0, 0.1) is 6.92 Å². The molecule has 122 valence electrons. The van der Waals surface area contributed by atoms with Crippen molar-refractivity contribution in [3.63, 3.8) is 0 Å². The highest BCUT2D eigenvalue weighted by Gasteiger charge is 2.31. The van der Waals surface area contributed by atoms with E-state index in [1.165, 1.54) is 0 Å². The van der Waals surface area contributed by atoms with Gasteiger partial charge in [-0.1, -0.05) is 0 Å². The minimum Gasteiger partial charge on any atom is -0.309 e. The third-order valence-electron chi connectivity index (χ3n) is 3.78. The maximum atomic E-state index is 12.2. The summed E-state index contributed by atoms with van der Waals surface area (Å²) in [5.74, 6) is 1.36. The molecule has 1 atom stereocenters. The van der Waals surface area contributed by atoms with Crippen molar-refractivity contribution in [1.29, 1.82) is 0 Å². The van der Waals surface area contributed by atoms with E-state index in [0.717, 1.165) is 16.8 Å². The zero-order chi connectivity index (χ0) is 16.7. The molecule has 0 spiro atoms. The van der Waals surface area contributed by atoms with Crippen LogP contribution in [-0.4, -0.2) is 41.2 Å². The van der Waals surface area contributed by atoms with E-state index in [4.69, 9.17) is 0 Å². The van der Waals surface area contributed by atoms with Gasteiger partial charge in [0.25, 0.3) is 5.95 Å². The Hall–Kier alpha value is -2.68. The van der Waals surface area contributed by atoms with Gasteiger partial charge in [0.2, 0.25) is 5.91 Å². The smallest absolute Gasteiger partial charge is 0.252 e. The number of nitrogens with zero attached hydrogens (tertiary/aromatic N) is 6. The lowest BCUT2D eigenvalue weighted by Crippen LogP contribution is -2.16. The molecular formula is C15H15N7OS. The number of nitrogens with one attached hydrogen (secondary N) is 1. The van der Waals surface area contributed by atoms with Gasteiger partial charge in [-0.25, -0.2) is 9.97 Å². The van der Waals surface area contributed by atoms with Gasteiger partial charge in [-0.2, -0.15) is 14.9 Å². The number of rotatable bonds is 2. The summed E-state index contributed by atoms with van der Waals surface area (Å²) >= 11 is 1.56. The van der Waals surface area contributed by atoms with E-state index in [0.29, 0.717) is 17.5 Å². The van der Waals surface area contributed by atoms with Crippen LogP contribution in [0.2, 0.25) is 0 Å². The number of carbonyl (C=O) groups is 1. The fourth-order valence-corrected chi connectivity index (χ4v) is 3.92. The molecule has 1 N–H and O–H groups in total. The number of anilines is 1. The van der Waals surface area contributed by atoms with Crippen LogP contribution in [-0.2, 0) is 11.8 Å². The summed E-state index contributed by atoms with van der Waals surface area (Å²) in [6.07, 6.45) is 7.09. The van der Waals surface area contributed by atoms with Gasteiger partial charge in [0.05, 0.1) is 22.9 Å². The molecule has 8 nitrogen and oxygen atoms in total. The van der Waals surface area contributed by atoms with Crippen molar-refractivity contribution in [3.05, 3.63) is 47.7 Å². The minimum absolute atomic E-state index is 0.0230. The van der Waals surface area contributed by atoms with Crippen LogP contribution >= 0.6 is 11.8 Å². The van der Waals surface area contributed by atoms with Gasteiger partial charge >= 0.3 is 0 Å². The predicted molar refractivity (Wildman–Crippen MR) is 90.0 cm³/mol. The molecule has 4 heterocycles. The van der Waals surface area contributed by atoms with Crippen molar-refractivity contribution < 1.29 is 4.79 Å². The predicted octanol–water partition coefficient (Wildman–Crippen LogP) is 1.48. The summed E-state index contributed by atoms with van der Waals surface area (Å²) in [5.41, 5.74) is 2.84. The molecular weight excluding hydrogens is 326 g/mol. The van der Waals surface area contributed by atoms with Crippen LogP contribution in [0.25, 0.3) is 5.95 Å². The molecule has 0 aromatic carbocycles. The molecule has 3 aromatic heterocycles. The highest BCUT2D eigenvalue weighted by molar-refractivity contribution is 8.00. The highest BCUT2D eigenvalue weighted by Crippen LogP contribution is 2.43. The quantitative estimate of drug-likeness (QED) is 0.759. The molecule has 24 heavy (non-hydrogen) atoms. The molecule has 0 unspecified atom stereocenters. The molecule has 1 aliphatic heterocycles. The SMILES string of the molecule is Cc1nn(-c2ncccn2)c2c1[C@H](c1cnn(C)c1)SCC(=O)N2. The zero-order valence-electron chi connectivity index (χ0n) is 13.2. The minimum atomic E-state index is -0.0651. The second-order valence-electron chi connectivity index (χ2n) is 5.49. The molecule has 0 bridgehead atoms. The molecule has 1 amide bonds. The second kappa shape index (κ2) is 5.75. The Morgan fingerprint density at radius 2 is 2.12 bits per heavy atom. The Kier molecular flexibility index (Phi) is 3.57. The number of aryl methyl sites for hydroxylation is 2. The first kappa shape index (κ1) is 14.9. The Morgan fingerprint density at radius 3 is 2.83 bits per heavy atom. The number of fused-ring (bicyclic) bond motifs is 1. The second-order valence-corrected chi connectivity index (χ2v) is 6.59. The standard InChI is InChI=1S/C15H15N7OS/c1-9-12-13(10-6-18-21(2)7-10)24-8-11(23)19-14(12)22(20-9)15-16-4-3-5-17-15/h3-7,13H,8H2,1-2H3,(H,19,23)/t13-/m0/s1. The van der Waals surface area contributed by atoms with Gasteiger partial charge < -0.3 is 5.32 Å². The summed E-state index contributed by atoms with van der Waals surface area (Å²) in [6, 6.07) is 1.74. The lowest BCUT2D eigenvalue weighted by molar-refractivity contribution is -0.113. The summed E-state index contributed by atoms with van der Waals surface area (Å²) in [5, 5.41) is 11.7. The van der Waals surface area contributed by atoms with Crippen molar-refractivity contribution in [3.8, 4) is 5.95 Å². The number of hydrogen-bond donors (Lipinski definition) is 1. The van der Waals surface area contributed by atoms with Crippen molar-refractivity contribution in [1.82, 2.24) is 29.5 Å². The van der Waals surface area contributed by atoms with Crippen LogP contribution in [0.5, 0.6) is 0 Å². The molecule has 0 radical (unpaired) electrons. The summed E-state index contributed by atoms with van der Waals surface area (Å²) in [7, 11) is 1.88. The third kappa shape index (κ3) is 2.46. The summed E-state index contributed by atoms with van der Waals surface area (Å²) < 4.78 is 3.35. The highest BCUT2D eigenvalue weighted by atomic mass is 32.2. The average Bonchev–Trinajstić information content (AvgIpc) is 3.08. The molecule has 0 saturated heterocycles. The van der Waals surface area contributed by atoms with Gasteiger partial charge in [-0.15, -0.1) is 11.8 Å². The average molecular weight is 341 g/mol. The van der Waals surface area contributed by atoms with Crippen LogP contribution in [0.4, 0.5) is 5.82 Å². The van der Waals surface area contributed by atoms with Gasteiger partial charge in [0, 0.05) is 36.8 Å². The van der Waals surface area contributed by atoms with Crippen LogP contribution in [0.1, 0.15) is 22.1 Å². The normalized spacial score (nSPS) is 17.2. The lowest BCUT2D eigenvalue weighted by Gasteiger charge is -2.12. The number of thioether (sulfide) groups is 1. The van der Waals surface area contributed by atoms with E-state index in [9.17, 15) is 4.79 Å². The molecule has 3 aromatic rings. The van der Waals surface area contributed by atoms with Gasteiger partial charge in [0.15, 0.2) is 0 Å². The fourth-order valence-electron chi connectivity index (χ4n) is 2.77. The maximum absolute atomic E-state index is 12.2. The van der Waals surface area contributed by atoms with E-state index in [-0.39, 0.29) is 11.2 Å². The van der Waals surface area contributed by atoms with Gasteiger partial charge in [-0.05, 0) is 13.0 Å². The van der Waals surface area contributed by atoms with Crippen molar-refractivity contribution in [2.45, 2.75) is 12.2 Å². The van der Waals surface area contributed by atoms with Gasteiger partial charge in [-0.3, -0.25) is 9.48 Å². The summed E-state index contributed by atoms with van der Waals surface area (Å²) in [6.45, 7) is 1.93. The van der Waals surface area contributed by atoms with Gasteiger partial charge in [0.1, 0.15) is 5.82 Å². The Labute approximate surface area is 142 Å². The number of amides is 1. The maximum Gasteiger partial charge on any atom is 0.252 e. The zero-order valence-corrected chi connectivity index (χ0v) is 14.0. The Bertz CT molecular complexity index is 902. The van der Waals surface area contributed by atoms with Crippen LogP contribution in [0.3, 0.4) is 0 Å². The monoisotopic (exact) mass is 341 g/mol. The van der Waals surface area contributed by atoms with Crippen molar-refractivity contribution >= 4 is 23.5 Å². The number of hydrogen-bond acceptors (Lipinski definition) is 6. The number of aromatic nitrogens is 6. The fraction of sp³-hybridized carbons (Fsp3) is 0.267. The Balaban J connectivity index is 1.90. The van der Waals surface area contributed by atoms with E-state index in [2.05, 4.69) is 25.5 Å². The molecule has 0 saturated carbocycles. The largest absolute Gasteiger partial charge is 0.309 e. The first-order valence-corrected chi connectivity index (χ1v) is 8.45.